The summed E-state index contributed by atoms with van der Waals surface area (Å²) in [6.45, 7) is 0.633. The number of nitrogens with zero attached hydrogens (tertiary/aromatic N) is 2. The normalized spacial score (nSPS) is 13.5. The lowest BCUT2D eigenvalue weighted by Crippen LogP contribution is -2.35. The van der Waals surface area contributed by atoms with E-state index in [1.165, 1.54) is 17.8 Å². The summed E-state index contributed by atoms with van der Waals surface area (Å²) in [6, 6.07) is 12.5. The van der Waals surface area contributed by atoms with Crippen LogP contribution >= 0.6 is 11.8 Å². The smallest absolute Gasteiger partial charge is 0.283 e. The van der Waals surface area contributed by atoms with Gasteiger partial charge in [0.25, 0.3) is 11.6 Å². The van der Waals surface area contributed by atoms with Gasteiger partial charge in [-0.3, -0.25) is 14.9 Å². The van der Waals surface area contributed by atoms with E-state index in [1.54, 1.807) is 23.3 Å². The van der Waals surface area contributed by atoms with E-state index in [0.29, 0.717) is 17.0 Å². The molecule has 23 heavy (non-hydrogen) atoms. The van der Waals surface area contributed by atoms with Crippen molar-refractivity contribution in [3.8, 4) is 0 Å². The Morgan fingerprint density at radius 1 is 1.26 bits per heavy atom. The molecule has 1 amide bonds. The number of nitro benzene ring substituents is 1. The summed E-state index contributed by atoms with van der Waals surface area (Å²) in [7, 11) is 0. The zero-order chi connectivity index (χ0) is 16.4. The fourth-order valence-electron chi connectivity index (χ4n) is 2.87. The monoisotopic (exact) mass is 328 g/mol. The van der Waals surface area contributed by atoms with Crippen LogP contribution < -0.4 is 4.90 Å². The molecule has 118 valence electrons. The first-order chi connectivity index (χ1) is 11.1. The molecule has 0 radical (unpaired) electrons. The molecule has 6 heteroatoms. The van der Waals surface area contributed by atoms with E-state index in [-0.39, 0.29) is 11.6 Å². The molecule has 0 N–H and O–H groups in total. The van der Waals surface area contributed by atoms with Crippen molar-refractivity contribution in [1.82, 2.24) is 0 Å². The molecule has 2 aromatic carbocycles. The second-order valence-electron chi connectivity index (χ2n) is 5.33. The molecule has 0 saturated heterocycles. The Hall–Kier alpha value is -2.34. The Bertz CT molecular complexity index is 776. The number of carbonyl (C=O) groups is 1. The van der Waals surface area contributed by atoms with Crippen LogP contribution in [0.5, 0.6) is 0 Å². The lowest BCUT2D eigenvalue weighted by Gasteiger charge is -2.29. The van der Waals surface area contributed by atoms with E-state index in [0.717, 1.165) is 24.1 Å². The van der Waals surface area contributed by atoms with Gasteiger partial charge in [-0.2, -0.15) is 0 Å². The van der Waals surface area contributed by atoms with Crippen LogP contribution in [0, 0.1) is 10.1 Å². The highest BCUT2D eigenvalue weighted by Gasteiger charge is 2.25. The minimum Gasteiger partial charge on any atom is -0.308 e. The fraction of sp³-hybridized carbons (Fsp3) is 0.235. The van der Waals surface area contributed by atoms with Crippen LogP contribution in [0.1, 0.15) is 22.3 Å². The number of rotatable bonds is 3. The number of anilines is 1. The average Bonchev–Trinajstić information content (AvgIpc) is 2.60. The van der Waals surface area contributed by atoms with Gasteiger partial charge < -0.3 is 4.90 Å². The van der Waals surface area contributed by atoms with Crippen molar-refractivity contribution >= 4 is 29.0 Å². The highest BCUT2D eigenvalue weighted by atomic mass is 32.2. The average molecular weight is 328 g/mol. The van der Waals surface area contributed by atoms with Gasteiger partial charge in [0.1, 0.15) is 0 Å². The van der Waals surface area contributed by atoms with Gasteiger partial charge in [-0.05, 0) is 42.9 Å². The quantitative estimate of drug-likeness (QED) is 0.487. The molecular weight excluding hydrogens is 312 g/mol. The van der Waals surface area contributed by atoms with Gasteiger partial charge in [-0.25, -0.2) is 0 Å². The van der Waals surface area contributed by atoms with E-state index < -0.39 is 4.92 Å². The molecule has 0 aliphatic carbocycles. The maximum Gasteiger partial charge on any atom is 0.283 e. The lowest BCUT2D eigenvalue weighted by atomic mass is 10.0. The SMILES string of the molecule is CSc1ccc(C(=O)N2CCCc3ccccc32)cc1[N+](=O)[O-]. The molecule has 5 nitrogen and oxygen atoms in total. The van der Waals surface area contributed by atoms with Gasteiger partial charge in [0.05, 0.1) is 9.82 Å². The predicted octanol–water partition coefficient (Wildman–Crippen LogP) is 3.91. The first-order valence-corrected chi connectivity index (χ1v) is 8.56. The van der Waals surface area contributed by atoms with Gasteiger partial charge >= 0.3 is 0 Å². The van der Waals surface area contributed by atoms with Gasteiger partial charge in [0.2, 0.25) is 0 Å². The summed E-state index contributed by atoms with van der Waals surface area (Å²) in [4.78, 5) is 25.9. The fourth-order valence-corrected chi connectivity index (χ4v) is 3.41. The molecule has 1 heterocycles. The third-order valence-electron chi connectivity index (χ3n) is 3.98. The standard InChI is InChI=1S/C17H16N2O3S/c1-23-16-9-8-13(11-15(16)19(21)22)17(20)18-10-4-6-12-5-2-3-7-14(12)18/h2-3,5,7-9,11H,4,6,10H2,1H3. The summed E-state index contributed by atoms with van der Waals surface area (Å²) in [5, 5.41) is 11.2. The zero-order valence-corrected chi connectivity index (χ0v) is 13.5. The number of fused-ring (bicyclic) bond motifs is 1. The predicted molar refractivity (Wildman–Crippen MR) is 91.3 cm³/mol. The third-order valence-corrected chi connectivity index (χ3v) is 4.76. The molecule has 0 atom stereocenters. The van der Waals surface area contributed by atoms with Crippen LogP contribution in [0.3, 0.4) is 0 Å². The van der Waals surface area contributed by atoms with Crippen molar-refractivity contribution in [2.45, 2.75) is 17.7 Å². The van der Waals surface area contributed by atoms with Crippen LogP contribution in [0.25, 0.3) is 0 Å². The second kappa shape index (κ2) is 6.42. The van der Waals surface area contributed by atoms with Gasteiger partial charge in [0, 0.05) is 23.9 Å². The van der Waals surface area contributed by atoms with Crippen molar-refractivity contribution in [3.63, 3.8) is 0 Å². The molecule has 0 aromatic heterocycles. The highest BCUT2D eigenvalue weighted by Crippen LogP contribution is 2.31. The number of hydrogen-bond acceptors (Lipinski definition) is 4. The molecular formula is C17H16N2O3S. The summed E-state index contributed by atoms with van der Waals surface area (Å²) in [6.07, 6.45) is 3.63. The largest absolute Gasteiger partial charge is 0.308 e. The minimum absolute atomic E-state index is 0.0198. The molecule has 0 saturated carbocycles. The van der Waals surface area contributed by atoms with Crippen LogP contribution in [-0.4, -0.2) is 23.6 Å². The molecule has 0 unspecified atom stereocenters. The summed E-state index contributed by atoms with van der Waals surface area (Å²) < 4.78 is 0. The van der Waals surface area contributed by atoms with Crippen molar-refractivity contribution in [2.75, 3.05) is 17.7 Å². The maximum atomic E-state index is 12.8. The number of nitro groups is 1. The molecule has 0 spiro atoms. The van der Waals surface area contributed by atoms with Crippen molar-refractivity contribution in [1.29, 1.82) is 0 Å². The van der Waals surface area contributed by atoms with E-state index in [1.807, 2.05) is 24.3 Å². The molecule has 2 aromatic rings. The Labute approximate surface area is 138 Å². The van der Waals surface area contributed by atoms with Crippen LogP contribution in [0.2, 0.25) is 0 Å². The number of amides is 1. The molecule has 1 aliphatic heterocycles. The first-order valence-electron chi connectivity index (χ1n) is 7.34. The van der Waals surface area contributed by atoms with E-state index >= 15 is 0 Å². The van der Waals surface area contributed by atoms with Gasteiger partial charge in [0.15, 0.2) is 0 Å². The Kier molecular flexibility index (Phi) is 4.34. The Morgan fingerprint density at radius 2 is 2.04 bits per heavy atom. The number of hydrogen-bond donors (Lipinski definition) is 0. The molecule has 3 rings (SSSR count). The van der Waals surface area contributed by atoms with E-state index in [4.69, 9.17) is 0 Å². The Morgan fingerprint density at radius 3 is 2.78 bits per heavy atom. The highest BCUT2D eigenvalue weighted by molar-refractivity contribution is 7.98. The third kappa shape index (κ3) is 2.94. The van der Waals surface area contributed by atoms with Crippen molar-refractivity contribution in [3.05, 3.63) is 63.7 Å². The van der Waals surface area contributed by atoms with Crippen LogP contribution in [0.15, 0.2) is 47.4 Å². The number of benzene rings is 2. The molecule has 1 aliphatic rings. The number of carbonyl (C=O) groups excluding carboxylic acids is 1. The van der Waals surface area contributed by atoms with E-state index in [2.05, 4.69) is 0 Å². The zero-order valence-electron chi connectivity index (χ0n) is 12.7. The number of thioether (sulfide) groups is 1. The summed E-state index contributed by atoms with van der Waals surface area (Å²) in [5.41, 5.74) is 2.38. The first kappa shape index (κ1) is 15.6. The van der Waals surface area contributed by atoms with Gasteiger partial charge in [-0.1, -0.05) is 18.2 Å². The maximum absolute atomic E-state index is 12.8. The summed E-state index contributed by atoms with van der Waals surface area (Å²) in [5.74, 6) is -0.187. The van der Waals surface area contributed by atoms with Crippen LogP contribution in [0.4, 0.5) is 11.4 Å². The Balaban J connectivity index is 1.99. The van der Waals surface area contributed by atoms with Crippen LogP contribution in [-0.2, 0) is 6.42 Å². The summed E-state index contributed by atoms with van der Waals surface area (Å²) >= 11 is 1.30. The number of para-hydroxylation sites is 1. The second-order valence-corrected chi connectivity index (χ2v) is 6.18. The van der Waals surface area contributed by atoms with Crippen molar-refractivity contribution in [2.24, 2.45) is 0 Å². The molecule has 0 bridgehead atoms. The topological polar surface area (TPSA) is 63.5 Å². The van der Waals surface area contributed by atoms with Gasteiger partial charge in [-0.15, -0.1) is 11.8 Å². The lowest BCUT2D eigenvalue weighted by molar-refractivity contribution is -0.387. The van der Waals surface area contributed by atoms with Crippen molar-refractivity contribution < 1.29 is 9.72 Å². The van der Waals surface area contributed by atoms with E-state index in [9.17, 15) is 14.9 Å². The number of aryl methyl sites for hydroxylation is 1. The molecule has 0 fully saturated rings. The minimum atomic E-state index is -0.438.